The fourth-order valence-corrected chi connectivity index (χ4v) is 2.50. The number of nitrogens with zero attached hydrogens (tertiary/aromatic N) is 5. The second kappa shape index (κ2) is 8.39. The maximum Gasteiger partial charge on any atom is 0.420 e. The summed E-state index contributed by atoms with van der Waals surface area (Å²) in [5.41, 5.74) is -0.950. The van der Waals surface area contributed by atoms with E-state index in [1.54, 1.807) is 6.92 Å². The van der Waals surface area contributed by atoms with Gasteiger partial charge in [-0.15, -0.1) is 0 Å². The Bertz CT molecular complexity index is 1010. The lowest BCUT2D eigenvalue weighted by atomic mass is 10.2. The average molecular weight is 411 g/mol. The SMILES string of the molecule is CCOC[C@H](Oc1ncnc2c1cnn2-c1ncccc1C(F)(F)F)C(=O)OC. The molecule has 0 bridgehead atoms. The molecule has 0 amide bonds. The number of halogens is 3. The van der Waals surface area contributed by atoms with Crippen molar-refractivity contribution in [3.8, 4) is 11.7 Å². The molecule has 0 aliphatic carbocycles. The van der Waals surface area contributed by atoms with Gasteiger partial charge >= 0.3 is 12.1 Å². The van der Waals surface area contributed by atoms with E-state index in [1.165, 1.54) is 25.6 Å². The van der Waals surface area contributed by atoms with Crippen LogP contribution in [-0.4, -0.2) is 57.1 Å². The Hall–Kier alpha value is -3.28. The highest BCUT2D eigenvalue weighted by molar-refractivity contribution is 5.82. The zero-order valence-electron chi connectivity index (χ0n) is 15.4. The van der Waals surface area contributed by atoms with Gasteiger partial charge in [-0.05, 0) is 19.1 Å². The van der Waals surface area contributed by atoms with Crippen molar-refractivity contribution in [2.24, 2.45) is 0 Å². The molecule has 0 aromatic carbocycles. The van der Waals surface area contributed by atoms with Crippen LogP contribution in [0.4, 0.5) is 13.2 Å². The molecule has 0 fully saturated rings. The summed E-state index contributed by atoms with van der Waals surface area (Å²) < 4.78 is 56.4. The number of fused-ring (bicyclic) bond motifs is 1. The smallest absolute Gasteiger partial charge is 0.420 e. The maximum absolute atomic E-state index is 13.3. The fraction of sp³-hybridized carbons (Fsp3) is 0.353. The van der Waals surface area contributed by atoms with Crippen molar-refractivity contribution < 1.29 is 32.2 Å². The number of aromatic nitrogens is 5. The van der Waals surface area contributed by atoms with Crippen molar-refractivity contribution in [3.05, 3.63) is 36.4 Å². The van der Waals surface area contributed by atoms with Gasteiger partial charge in [0.25, 0.3) is 0 Å². The van der Waals surface area contributed by atoms with E-state index in [0.717, 1.165) is 17.1 Å². The van der Waals surface area contributed by atoms with Gasteiger partial charge in [0.1, 0.15) is 17.3 Å². The third kappa shape index (κ3) is 4.26. The van der Waals surface area contributed by atoms with E-state index in [0.29, 0.717) is 6.61 Å². The molecule has 0 radical (unpaired) electrons. The van der Waals surface area contributed by atoms with Crippen LogP contribution in [0, 0.1) is 0 Å². The minimum atomic E-state index is -4.64. The van der Waals surface area contributed by atoms with E-state index in [1.807, 2.05) is 0 Å². The third-order valence-electron chi connectivity index (χ3n) is 3.81. The Labute approximate surface area is 162 Å². The van der Waals surface area contributed by atoms with Crippen LogP contribution in [0.15, 0.2) is 30.9 Å². The Morgan fingerprint density at radius 3 is 2.76 bits per heavy atom. The number of esters is 1. The molecule has 3 aromatic rings. The first-order chi connectivity index (χ1) is 13.9. The number of hydrogen-bond acceptors (Lipinski definition) is 8. The summed E-state index contributed by atoms with van der Waals surface area (Å²) >= 11 is 0. The molecule has 29 heavy (non-hydrogen) atoms. The first kappa shape index (κ1) is 20.5. The number of pyridine rings is 1. The summed E-state index contributed by atoms with van der Waals surface area (Å²) in [5.74, 6) is -1.19. The molecule has 0 N–H and O–H groups in total. The highest BCUT2D eigenvalue weighted by atomic mass is 19.4. The van der Waals surface area contributed by atoms with Gasteiger partial charge in [-0.3, -0.25) is 0 Å². The Balaban J connectivity index is 2.03. The molecule has 3 heterocycles. The summed E-state index contributed by atoms with van der Waals surface area (Å²) in [6, 6.07) is 2.07. The maximum atomic E-state index is 13.3. The second-order valence-electron chi connectivity index (χ2n) is 5.63. The van der Waals surface area contributed by atoms with Crippen LogP contribution in [0.25, 0.3) is 16.9 Å². The number of ether oxygens (including phenoxy) is 3. The number of methoxy groups -OCH3 is 1. The lowest BCUT2D eigenvalue weighted by Crippen LogP contribution is -2.33. The Morgan fingerprint density at radius 2 is 2.07 bits per heavy atom. The van der Waals surface area contributed by atoms with Gasteiger partial charge in [0.2, 0.25) is 12.0 Å². The lowest BCUT2D eigenvalue weighted by molar-refractivity contribution is -0.151. The molecule has 9 nitrogen and oxygen atoms in total. The topological polar surface area (TPSA) is 101 Å². The summed E-state index contributed by atoms with van der Waals surface area (Å²) in [6.45, 7) is 1.99. The van der Waals surface area contributed by atoms with Gasteiger partial charge in [0, 0.05) is 12.8 Å². The molecule has 12 heteroatoms. The van der Waals surface area contributed by atoms with Gasteiger partial charge < -0.3 is 14.2 Å². The van der Waals surface area contributed by atoms with Gasteiger partial charge in [0.05, 0.1) is 19.9 Å². The van der Waals surface area contributed by atoms with Crippen LogP contribution in [0.2, 0.25) is 0 Å². The monoisotopic (exact) mass is 411 g/mol. The van der Waals surface area contributed by atoms with Crippen LogP contribution in [0.1, 0.15) is 12.5 Å². The molecule has 3 aromatic heterocycles. The zero-order valence-corrected chi connectivity index (χ0v) is 15.4. The molecular weight excluding hydrogens is 395 g/mol. The van der Waals surface area contributed by atoms with Gasteiger partial charge in [-0.1, -0.05) is 0 Å². The molecule has 0 spiro atoms. The normalized spacial score (nSPS) is 12.7. The molecule has 0 saturated carbocycles. The van der Waals surface area contributed by atoms with E-state index in [-0.39, 0.29) is 23.5 Å². The molecule has 0 saturated heterocycles. The van der Waals surface area contributed by atoms with Crippen LogP contribution in [0.3, 0.4) is 0 Å². The Kier molecular flexibility index (Phi) is 5.92. The molecular formula is C17H16F3N5O4. The minimum Gasteiger partial charge on any atom is -0.466 e. The average Bonchev–Trinajstić information content (AvgIpc) is 3.14. The van der Waals surface area contributed by atoms with E-state index in [2.05, 4.69) is 24.8 Å². The predicted octanol–water partition coefficient (Wildman–Crippen LogP) is 2.19. The highest BCUT2D eigenvalue weighted by Gasteiger charge is 2.35. The van der Waals surface area contributed by atoms with Crippen molar-refractivity contribution in [1.29, 1.82) is 0 Å². The molecule has 0 aliphatic heterocycles. The predicted molar refractivity (Wildman–Crippen MR) is 92.4 cm³/mol. The van der Waals surface area contributed by atoms with Crippen molar-refractivity contribution in [2.45, 2.75) is 19.2 Å². The van der Waals surface area contributed by atoms with Crippen LogP contribution in [-0.2, 0) is 20.4 Å². The van der Waals surface area contributed by atoms with Crippen molar-refractivity contribution >= 4 is 17.0 Å². The fourth-order valence-electron chi connectivity index (χ4n) is 2.50. The molecule has 0 unspecified atom stereocenters. The largest absolute Gasteiger partial charge is 0.466 e. The van der Waals surface area contributed by atoms with Crippen LogP contribution >= 0.6 is 0 Å². The van der Waals surface area contributed by atoms with Gasteiger partial charge in [-0.2, -0.15) is 23.0 Å². The van der Waals surface area contributed by atoms with Crippen LogP contribution < -0.4 is 4.74 Å². The van der Waals surface area contributed by atoms with E-state index in [4.69, 9.17) is 9.47 Å². The Morgan fingerprint density at radius 1 is 1.28 bits per heavy atom. The summed E-state index contributed by atoms with van der Waals surface area (Å²) in [4.78, 5) is 23.7. The first-order valence-corrected chi connectivity index (χ1v) is 8.40. The van der Waals surface area contributed by atoms with E-state index >= 15 is 0 Å². The van der Waals surface area contributed by atoms with Gasteiger partial charge in [-0.25, -0.2) is 19.7 Å². The van der Waals surface area contributed by atoms with E-state index < -0.39 is 29.6 Å². The summed E-state index contributed by atoms with van der Waals surface area (Å²) in [7, 11) is 1.19. The number of carbonyl (C=O) groups is 1. The van der Waals surface area contributed by atoms with Crippen LogP contribution in [0.5, 0.6) is 5.88 Å². The quantitative estimate of drug-likeness (QED) is 0.546. The second-order valence-corrected chi connectivity index (χ2v) is 5.63. The zero-order chi connectivity index (χ0) is 21.0. The standard InChI is InChI=1S/C17H16F3N5O4/c1-3-28-8-12(16(26)27-2)29-15-10-7-24-25(13(10)22-9-23-15)14-11(17(18,19)20)5-4-6-21-14/h4-7,9,12H,3,8H2,1-2H3/t12-/m0/s1. The molecule has 1 atom stereocenters. The summed E-state index contributed by atoms with van der Waals surface area (Å²) in [6.07, 6.45) is -2.23. The number of alkyl halides is 3. The number of hydrogen-bond donors (Lipinski definition) is 0. The third-order valence-corrected chi connectivity index (χ3v) is 3.81. The van der Waals surface area contributed by atoms with Gasteiger partial charge in [0.15, 0.2) is 11.5 Å². The lowest BCUT2D eigenvalue weighted by Gasteiger charge is -2.16. The first-order valence-electron chi connectivity index (χ1n) is 8.40. The highest BCUT2D eigenvalue weighted by Crippen LogP contribution is 2.34. The molecule has 3 rings (SSSR count). The van der Waals surface area contributed by atoms with Crippen molar-refractivity contribution in [3.63, 3.8) is 0 Å². The number of carbonyl (C=O) groups excluding carboxylic acids is 1. The summed E-state index contributed by atoms with van der Waals surface area (Å²) in [5, 5.41) is 4.15. The number of rotatable bonds is 7. The molecule has 0 aliphatic rings. The molecule has 154 valence electrons. The van der Waals surface area contributed by atoms with Crippen molar-refractivity contribution in [1.82, 2.24) is 24.7 Å². The van der Waals surface area contributed by atoms with E-state index in [9.17, 15) is 18.0 Å². The van der Waals surface area contributed by atoms with Crippen molar-refractivity contribution in [2.75, 3.05) is 20.3 Å². The minimum absolute atomic E-state index is 0.0271.